The van der Waals surface area contributed by atoms with E-state index in [1.165, 1.54) is 7.11 Å². The van der Waals surface area contributed by atoms with Crippen molar-refractivity contribution < 1.29 is 24.0 Å². The van der Waals surface area contributed by atoms with E-state index in [-0.39, 0.29) is 16.6 Å². The van der Waals surface area contributed by atoms with Crippen molar-refractivity contribution in [3.63, 3.8) is 0 Å². The van der Waals surface area contributed by atoms with Crippen LogP contribution in [0, 0.1) is 21.8 Å². The zero-order chi connectivity index (χ0) is 15.4. The van der Waals surface area contributed by atoms with Gasteiger partial charge in [0.15, 0.2) is 5.75 Å². The molecule has 1 rings (SSSR count). The highest BCUT2D eigenvalue weighted by molar-refractivity contribution is 8.00. The molecule has 8 heteroatoms. The Morgan fingerprint density at radius 1 is 1.50 bits per heavy atom. The third kappa shape index (κ3) is 3.60. The molecule has 6 nitrogen and oxygen atoms in total. The second-order valence-electron chi connectivity index (χ2n) is 4.33. The van der Waals surface area contributed by atoms with E-state index >= 15 is 0 Å². The van der Waals surface area contributed by atoms with Crippen molar-refractivity contribution in [2.24, 2.45) is 5.92 Å². The number of nitro groups is 1. The molecule has 0 saturated carbocycles. The molecule has 0 saturated heterocycles. The van der Waals surface area contributed by atoms with Crippen LogP contribution < -0.4 is 4.74 Å². The van der Waals surface area contributed by atoms with Crippen LogP contribution >= 0.6 is 11.8 Å². The number of methoxy groups -OCH3 is 1. The van der Waals surface area contributed by atoms with Crippen LogP contribution in [0.1, 0.15) is 13.8 Å². The second kappa shape index (κ2) is 6.56. The molecular formula is C12H14FNO5S. The number of nitro benzene ring substituents is 1. The fourth-order valence-electron chi connectivity index (χ4n) is 1.53. The van der Waals surface area contributed by atoms with E-state index in [9.17, 15) is 19.3 Å². The number of benzene rings is 1. The SMILES string of the molecule is COc1cc(SC(C(=O)O)C(C)C)c(F)cc1[N+](=O)[O-]. The number of thioether (sulfide) groups is 1. The second-order valence-corrected chi connectivity index (χ2v) is 5.52. The van der Waals surface area contributed by atoms with Gasteiger partial charge in [0.2, 0.25) is 0 Å². The predicted molar refractivity (Wildman–Crippen MR) is 71.7 cm³/mol. The highest BCUT2D eigenvalue weighted by Crippen LogP contribution is 2.37. The Bertz CT molecular complexity index is 535. The van der Waals surface area contributed by atoms with Crippen molar-refractivity contribution in [3.05, 3.63) is 28.1 Å². The monoisotopic (exact) mass is 303 g/mol. The van der Waals surface area contributed by atoms with Gasteiger partial charge < -0.3 is 9.84 Å². The summed E-state index contributed by atoms with van der Waals surface area (Å²) in [6.07, 6.45) is 0. The molecule has 1 aromatic carbocycles. The number of carboxylic acid groups (broad SMARTS) is 1. The molecule has 0 heterocycles. The molecule has 0 amide bonds. The Morgan fingerprint density at radius 3 is 2.50 bits per heavy atom. The van der Waals surface area contributed by atoms with Crippen molar-refractivity contribution in [2.45, 2.75) is 24.0 Å². The third-order valence-corrected chi connectivity index (χ3v) is 4.10. The number of nitrogens with zero attached hydrogens (tertiary/aromatic N) is 1. The molecular weight excluding hydrogens is 289 g/mol. The number of carboxylic acids is 1. The largest absolute Gasteiger partial charge is 0.490 e. The number of carbonyl (C=O) groups is 1. The summed E-state index contributed by atoms with van der Waals surface area (Å²) in [6.45, 7) is 3.40. The summed E-state index contributed by atoms with van der Waals surface area (Å²) in [5, 5.41) is 19.0. The summed E-state index contributed by atoms with van der Waals surface area (Å²) in [7, 11) is 1.23. The Morgan fingerprint density at radius 2 is 2.10 bits per heavy atom. The Hall–Kier alpha value is -1.83. The minimum atomic E-state index is -1.07. The van der Waals surface area contributed by atoms with Crippen molar-refractivity contribution in [3.8, 4) is 5.75 Å². The summed E-state index contributed by atoms with van der Waals surface area (Å²) >= 11 is 0.804. The summed E-state index contributed by atoms with van der Waals surface area (Å²) in [5.74, 6) is -2.24. The van der Waals surface area contributed by atoms with Gasteiger partial charge in [-0.05, 0) is 5.92 Å². The zero-order valence-corrected chi connectivity index (χ0v) is 11.9. The molecule has 110 valence electrons. The van der Waals surface area contributed by atoms with Gasteiger partial charge in [-0.25, -0.2) is 4.39 Å². The van der Waals surface area contributed by atoms with E-state index in [1.54, 1.807) is 13.8 Å². The number of rotatable bonds is 6. The number of ether oxygens (including phenoxy) is 1. The lowest BCUT2D eigenvalue weighted by Gasteiger charge is -2.16. The van der Waals surface area contributed by atoms with E-state index in [1.807, 2.05) is 0 Å². The lowest BCUT2D eigenvalue weighted by molar-refractivity contribution is -0.386. The molecule has 0 aromatic heterocycles. The molecule has 1 N–H and O–H groups in total. The first kappa shape index (κ1) is 16.2. The maximum Gasteiger partial charge on any atom is 0.317 e. The van der Waals surface area contributed by atoms with E-state index in [0.717, 1.165) is 23.9 Å². The summed E-state index contributed by atoms with van der Waals surface area (Å²) in [5.41, 5.74) is -0.495. The minimum absolute atomic E-state index is 0.00792. The van der Waals surface area contributed by atoms with E-state index in [2.05, 4.69) is 0 Å². The van der Waals surface area contributed by atoms with Crippen LogP contribution in [-0.2, 0) is 4.79 Å². The molecule has 0 radical (unpaired) electrons. The smallest absolute Gasteiger partial charge is 0.317 e. The van der Waals surface area contributed by atoms with E-state index < -0.39 is 27.6 Å². The first-order valence-electron chi connectivity index (χ1n) is 5.69. The Labute approximate surface area is 119 Å². The maximum atomic E-state index is 13.8. The molecule has 0 fully saturated rings. The Kier molecular flexibility index (Phi) is 5.32. The molecule has 0 bridgehead atoms. The van der Waals surface area contributed by atoms with Gasteiger partial charge in [-0.15, -0.1) is 11.8 Å². The van der Waals surface area contributed by atoms with Gasteiger partial charge in [-0.3, -0.25) is 14.9 Å². The average Bonchev–Trinajstić information content (AvgIpc) is 2.35. The first-order chi connectivity index (χ1) is 9.27. The average molecular weight is 303 g/mol. The molecule has 0 aliphatic heterocycles. The minimum Gasteiger partial charge on any atom is -0.490 e. The summed E-state index contributed by atoms with van der Waals surface area (Å²) in [6, 6.07) is 1.89. The Balaban J connectivity index is 3.19. The van der Waals surface area contributed by atoms with Gasteiger partial charge in [0, 0.05) is 11.0 Å². The van der Waals surface area contributed by atoms with E-state index in [4.69, 9.17) is 9.84 Å². The van der Waals surface area contributed by atoms with Crippen molar-refractivity contribution >= 4 is 23.4 Å². The lowest BCUT2D eigenvalue weighted by Crippen LogP contribution is -2.22. The number of halogens is 1. The quantitative estimate of drug-likeness (QED) is 0.493. The summed E-state index contributed by atoms with van der Waals surface area (Å²) in [4.78, 5) is 21.1. The fraction of sp³-hybridized carbons (Fsp3) is 0.417. The third-order valence-electron chi connectivity index (χ3n) is 2.53. The van der Waals surface area contributed by atoms with Gasteiger partial charge in [-0.1, -0.05) is 13.8 Å². The number of hydrogen-bond donors (Lipinski definition) is 1. The molecule has 0 spiro atoms. The molecule has 0 aliphatic carbocycles. The van der Waals surface area contributed by atoms with Crippen LogP contribution in [0.2, 0.25) is 0 Å². The summed E-state index contributed by atoms with van der Waals surface area (Å²) < 4.78 is 18.7. The van der Waals surface area contributed by atoms with Gasteiger partial charge in [0.1, 0.15) is 11.1 Å². The van der Waals surface area contributed by atoms with Crippen LogP contribution in [0.15, 0.2) is 17.0 Å². The van der Waals surface area contributed by atoms with Gasteiger partial charge in [0.25, 0.3) is 0 Å². The predicted octanol–water partition coefficient (Wildman–Crippen LogP) is 2.94. The fourth-order valence-corrected chi connectivity index (χ4v) is 2.52. The molecule has 1 aromatic rings. The van der Waals surface area contributed by atoms with Crippen LogP contribution in [0.25, 0.3) is 0 Å². The molecule has 20 heavy (non-hydrogen) atoms. The topological polar surface area (TPSA) is 89.7 Å². The van der Waals surface area contributed by atoms with Crippen molar-refractivity contribution in [1.82, 2.24) is 0 Å². The molecule has 1 atom stereocenters. The van der Waals surface area contributed by atoms with Gasteiger partial charge in [-0.2, -0.15) is 0 Å². The van der Waals surface area contributed by atoms with Gasteiger partial charge >= 0.3 is 11.7 Å². The van der Waals surface area contributed by atoms with Crippen LogP contribution in [-0.4, -0.2) is 28.4 Å². The molecule has 0 aliphatic rings. The van der Waals surface area contributed by atoms with Gasteiger partial charge in [0.05, 0.1) is 18.1 Å². The normalized spacial score (nSPS) is 12.2. The number of hydrogen-bond acceptors (Lipinski definition) is 5. The maximum absolute atomic E-state index is 13.8. The van der Waals surface area contributed by atoms with Crippen molar-refractivity contribution in [1.29, 1.82) is 0 Å². The van der Waals surface area contributed by atoms with E-state index in [0.29, 0.717) is 0 Å². The molecule has 1 unspecified atom stereocenters. The lowest BCUT2D eigenvalue weighted by atomic mass is 10.1. The highest BCUT2D eigenvalue weighted by Gasteiger charge is 2.26. The standard InChI is InChI=1S/C12H14FNO5S/c1-6(2)11(12(15)16)20-10-5-9(19-3)8(14(17)18)4-7(10)13/h4-6,11H,1-3H3,(H,15,16). The van der Waals surface area contributed by atoms with Crippen LogP contribution in [0.4, 0.5) is 10.1 Å². The van der Waals surface area contributed by atoms with Crippen LogP contribution in [0.5, 0.6) is 5.75 Å². The first-order valence-corrected chi connectivity index (χ1v) is 6.57. The van der Waals surface area contributed by atoms with Crippen molar-refractivity contribution in [2.75, 3.05) is 7.11 Å². The van der Waals surface area contributed by atoms with Crippen LogP contribution in [0.3, 0.4) is 0 Å². The highest BCUT2D eigenvalue weighted by atomic mass is 32.2. The zero-order valence-electron chi connectivity index (χ0n) is 11.1. The number of aliphatic carboxylic acids is 1.